The molecule has 9 heteroatoms. The number of benzene rings is 1. The monoisotopic (exact) mass is 395 g/mol. The van der Waals surface area contributed by atoms with Crippen LogP contribution in [0.5, 0.6) is 11.5 Å². The molecule has 0 atom stereocenters. The van der Waals surface area contributed by atoms with E-state index >= 15 is 0 Å². The van der Waals surface area contributed by atoms with E-state index in [1.807, 2.05) is 0 Å². The summed E-state index contributed by atoms with van der Waals surface area (Å²) in [6, 6.07) is 6.44. The van der Waals surface area contributed by atoms with Gasteiger partial charge in [0.1, 0.15) is 5.76 Å². The van der Waals surface area contributed by atoms with E-state index in [-0.39, 0.29) is 18.0 Å². The average molecular weight is 396 g/mol. The summed E-state index contributed by atoms with van der Waals surface area (Å²) in [5.74, 6) is -1.03. The molecular weight excluding hydrogens is 382 g/mol. The number of nitrogens with zero attached hydrogens (tertiary/aromatic N) is 1. The number of ether oxygens (including phenoxy) is 1. The molecule has 0 bridgehead atoms. The zero-order chi connectivity index (χ0) is 17.5. The highest BCUT2D eigenvalue weighted by molar-refractivity contribution is 9.10. The van der Waals surface area contributed by atoms with Crippen LogP contribution < -0.4 is 15.5 Å². The lowest BCUT2D eigenvalue weighted by molar-refractivity contribution is -0.139. The minimum absolute atomic E-state index is 0.0454. The van der Waals surface area contributed by atoms with Gasteiger partial charge in [-0.05, 0) is 45.8 Å². The third-order valence-corrected chi connectivity index (χ3v) is 3.46. The van der Waals surface area contributed by atoms with Gasteiger partial charge in [0.25, 0.3) is 0 Å². The molecular formula is C15H14BrN3O5. The number of halogens is 1. The molecule has 1 aromatic carbocycles. The van der Waals surface area contributed by atoms with Crippen molar-refractivity contribution >= 4 is 34.0 Å². The summed E-state index contributed by atoms with van der Waals surface area (Å²) < 4.78 is 10.4. The van der Waals surface area contributed by atoms with Crippen molar-refractivity contribution in [2.24, 2.45) is 5.10 Å². The van der Waals surface area contributed by atoms with E-state index in [1.54, 1.807) is 18.2 Å². The van der Waals surface area contributed by atoms with Gasteiger partial charge in [-0.25, -0.2) is 5.43 Å². The van der Waals surface area contributed by atoms with Gasteiger partial charge in [-0.2, -0.15) is 5.10 Å². The van der Waals surface area contributed by atoms with Crippen molar-refractivity contribution in [2.75, 3.05) is 7.11 Å². The Morgan fingerprint density at radius 2 is 2.21 bits per heavy atom. The van der Waals surface area contributed by atoms with Gasteiger partial charge in [-0.1, -0.05) is 0 Å². The maximum absolute atomic E-state index is 11.6. The van der Waals surface area contributed by atoms with E-state index in [4.69, 9.17) is 9.15 Å². The van der Waals surface area contributed by atoms with Crippen LogP contribution in [0.3, 0.4) is 0 Å². The maximum atomic E-state index is 11.6. The zero-order valence-corrected chi connectivity index (χ0v) is 14.2. The maximum Gasteiger partial charge on any atom is 0.329 e. The molecule has 24 heavy (non-hydrogen) atoms. The van der Waals surface area contributed by atoms with Crippen molar-refractivity contribution in [3.63, 3.8) is 0 Å². The summed E-state index contributed by atoms with van der Waals surface area (Å²) in [6.45, 7) is 0.102. The number of hydrazone groups is 1. The number of hydrogen-bond acceptors (Lipinski definition) is 6. The predicted octanol–water partition coefficient (Wildman–Crippen LogP) is 1.52. The van der Waals surface area contributed by atoms with Crippen LogP contribution in [0.15, 0.2) is 44.5 Å². The van der Waals surface area contributed by atoms with Crippen molar-refractivity contribution in [2.45, 2.75) is 6.54 Å². The van der Waals surface area contributed by atoms with Crippen LogP contribution in [0, 0.1) is 0 Å². The molecule has 0 radical (unpaired) electrons. The molecule has 0 aliphatic rings. The number of carbonyl (C=O) groups excluding carboxylic acids is 2. The van der Waals surface area contributed by atoms with E-state index in [2.05, 4.69) is 31.8 Å². The highest BCUT2D eigenvalue weighted by atomic mass is 79.9. The highest BCUT2D eigenvalue weighted by Gasteiger charge is 2.12. The highest BCUT2D eigenvalue weighted by Crippen LogP contribution is 2.34. The molecule has 8 nitrogen and oxygen atoms in total. The van der Waals surface area contributed by atoms with Crippen molar-refractivity contribution in [3.05, 3.63) is 46.3 Å². The van der Waals surface area contributed by atoms with Gasteiger partial charge in [0.2, 0.25) is 0 Å². The van der Waals surface area contributed by atoms with Gasteiger partial charge in [-0.3, -0.25) is 9.59 Å². The van der Waals surface area contributed by atoms with Gasteiger partial charge in [0.15, 0.2) is 11.5 Å². The van der Waals surface area contributed by atoms with Crippen molar-refractivity contribution in [3.8, 4) is 11.5 Å². The fraction of sp³-hybridized carbons (Fsp3) is 0.133. The minimum atomic E-state index is -0.914. The second kappa shape index (κ2) is 8.16. The molecule has 0 unspecified atom stereocenters. The summed E-state index contributed by atoms with van der Waals surface area (Å²) >= 11 is 3.17. The molecule has 0 spiro atoms. The number of aromatic hydroxyl groups is 1. The molecule has 0 aliphatic heterocycles. The van der Waals surface area contributed by atoms with Gasteiger partial charge < -0.3 is 19.6 Å². The summed E-state index contributed by atoms with van der Waals surface area (Å²) in [4.78, 5) is 23.2. The number of hydrogen-bond donors (Lipinski definition) is 3. The van der Waals surface area contributed by atoms with Crippen molar-refractivity contribution in [1.29, 1.82) is 0 Å². The molecule has 1 heterocycles. The molecule has 2 aromatic rings. The van der Waals surface area contributed by atoms with E-state index in [9.17, 15) is 14.7 Å². The van der Waals surface area contributed by atoms with Crippen LogP contribution in [0.25, 0.3) is 0 Å². The Kier molecular flexibility index (Phi) is 5.96. The molecule has 0 saturated heterocycles. The first-order valence-corrected chi connectivity index (χ1v) is 7.50. The topological polar surface area (TPSA) is 113 Å². The molecule has 0 saturated carbocycles. The number of nitrogens with one attached hydrogen (secondary N) is 2. The normalized spacial score (nSPS) is 10.6. The Morgan fingerprint density at radius 3 is 2.88 bits per heavy atom. The number of methoxy groups -OCH3 is 1. The third kappa shape index (κ3) is 4.59. The zero-order valence-electron chi connectivity index (χ0n) is 12.6. The van der Waals surface area contributed by atoms with E-state index in [1.165, 1.54) is 25.7 Å². The van der Waals surface area contributed by atoms with Crippen LogP contribution in [0.2, 0.25) is 0 Å². The molecule has 2 rings (SSSR count). The first-order chi connectivity index (χ1) is 11.5. The number of phenolic OH excluding ortho intramolecular Hbond substituents is 1. The quantitative estimate of drug-likeness (QED) is 0.403. The van der Waals surface area contributed by atoms with E-state index < -0.39 is 11.8 Å². The van der Waals surface area contributed by atoms with Gasteiger partial charge in [0.05, 0.1) is 30.6 Å². The van der Waals surface area contributed by atoms with Crippen LogP contribution in [-0.2, 0) is 16.1 Å². The lowest BCUT2D eigenvalue weighted by atomic mass is 10.2. The van der Waals surface area contributed by atoms with Crippen molar-refractivity contribution in [1.82, 2.24) is 10.7 Å². The van der Waals surface area contributed by atoms with Gasteiger partial charge >= 0.3 is 11.8 Å². The van der Waals surface area contributed by atoms with Crippen LogP contribution in [-0.4, -0.2) is 30.2 Å². The summed E-state index contributed by atoms with van der Waals surface area (Å²) in [5.41, 5.74) is 2.65. The summed E-state index contributed by atoms with van der Waals surface area (Å²) in [7, 11) is 1.41. The second-order valence-electron chi connectivity index (χ2n) is 4.51. The van der Waals surface area contributed by atoms with Crippen LogP contribution in [0.1, 0.15) is 11.3 Å². The van der Waals surface area contributed by atoms with Gasteiger partial charge in [-0.15, -0.1) is 0 Å². The van der Waals surface area contributed by atoms with E-state index in [0.29, 0.717) is 15.8 Å². The predicted molar refractivity (Wildman–Crippen MR) is 88.7 cm³/mol. The Hall–Kier alpha value is -2.81. The van der Waals surface area contributed by atoms with Crippen molar-refractivity contribution < 1.29 is 23.8 Å². The average Bonchev–Trinajstić information content (AvgIpc) is 3.09. The van der Waals surface area contributed by atoms with Gasteiger partial charge in [0, 0.05) is 0 Å². The smallest absolute Gasteiger partial charge is 0.329 e. The SMILES string of the molecule is COc1cc(C=NNC(=O)C(=O)NCc2ccco2)cc(Br)c1O. The molecule has 3 N–H and O–H groups in total. The first kappa shape index (κ1) is 17.5. The molecule has 1 aromatic heterocycles. The van der Waals surface area contributed by atoms with E-state index in [0.717, 1.165) is 0 Å². The minimum Gasteiger partial charge on any atom is -0.503 e. The largest absolute Gasteiger partial charge is 0.503 e. The Balaban J connectivity index is 1.89. The fourth-order valence-corrected chi connectivity index (χ4v) is 2.16. The van der Waals surface area contributed by atoms with Crippen LogP contribution in [0.4, 0.5) is 0 Å². The number of phenols is 1. The second-order valence-corrected chi connectivity index (χ2v) is 5.37. The lowest BCUT2D eigenvalue weighted by Gasteiger charge is -2.06. The number of amides is 2. The fourth-order valence-electron chi connectivity index (χ4n) is 1.70. The lowest BCUT2D eigenvalue weighted by Crippen LogP contribution is -2.37. The first-order valence-electron chi connectivity index (χ1n) is 6.71. The third-order valence-electron chi connectivity index (χ3n) is 2.86. The number of furan rings is 1. The number of carbonyl (C=O) groups is 2. The number of rotatable bonds is 5. The standard InChI is InChI=1S/C15H14BrN3O5/c1-23-12-6-9(5-11(16)13(12)20)7-18-19-15(22)14(21)17-8-10-3-2-4-24-10/h2-7,20H,8H2,1H3,(H,17,21)(H,19,22). The summed E-state index contributed by atoms with van der Waals surface area (Å²) in [5, 5.41) is 15.8. The Bertz CT molecular complexity index is 759. The summed E-state index contributed by atoms with van der Waals surface area (Å²) in [6.07, 6.45) is 2.78. The molecule has 0 fully saturated rings. The Morgan fingerprint density at radius 1 is 1.42 bits per heavy atom. The molecule has 2 amide bonds. The molecule has 126 valence electrons. The Labute approximate surface area is 145 Å². The molecule has 0 aliphatic carbocycles. The van der Waals surface area contributed by atoms with Crippen LogP contribution >= 0.6 is 15.9 Å².